The quantitative estimate of drug-likeness (QED) is 0.816. The number of aromatic nitrogens is 2. The van der Waals surface area contributed by atoms with Crippen molar-refractivity contribution in [1.29, 1.82) is 0 Å². The minimum absolute atomic E-state index is 0.0348. The van der Waals surface area contributed by atoms with Crippen LogP contribution in [0.1, 0.15) is 22.8 Å². The second-order valence-electron chi connectivity index (χ2n) is 4.53. The molecule has 1 heterocycles. The summed E-state index contributed by atoms with van der Waals surface area (Å²) in [5, 5.41) is 3.63. The lowest BCUT2D eigenvalue weighted by atomic mass is 10.1. The molecule has 0 bridgehead atoms. The predicted molar refractivity (Wildman–Crippen MR) is 73.4 cm³/mol. The van der Waals surface area contributed by atoms with Gasteiger partial charge in [-0.3, -0.25) is 0 Å². The number of hydrogen-bond acceptors (Lipinski definition) is 6. The first-order valence-electron chi connectivity index (χ1n) is 5.95. The Bertz CT molecular complexity index is 737. The van der Waals surface area contributed by atoms with Crippen LogP contribution in [0.5, 0.6) is 0 Å². The van der Waals surface area contributed by atoms with Crippen LogP contribution in [0.15, 0.2) is 21.6 Å². The normalized spacial score (nSPS) is 11.8. The van der Waals surface area contributed by atoms with Crippen molar-refractivity contribution < 1.29 is 12.9 Å². The largest absolute Gasteiger partial charge is 0.398 e. The highest BCUT2D eigenvalue weighted by Crippen LogP contribution is 2.22. The van der Waals surface area contributed by atoms with Crippen molar-refractivity contribution in [2.45, 2.75) is 32.2 Å². The lowest BCUT2D eigenvalue weighted by molar-refractivity contribution is 0.387. The molecule has 0 amide bonds. The highest BCUT2D eigenvalue weighted by molar-refractivity contribution is 7.89. The maximum absolute atomic E-state index is 12.3. The van der Waals surface area contributed by atoms with Gasteiger partial charge in [0.1, 0.15) is 0 Å². The van der Waals surface area contributed by atoms with Gasteiger partial charge in [0.05, 0.1) is 11.4 Å². The van der Waals surface area contributed by atoms with Crippen LogP contribution < -0.4 is 10.5 Å². The Hall–Kier alpha value is -1.93. The van der Waals surface area contributed by atoms with Gasteiger partial charge in [0, 0.05) is 12.6 Å². The molecule has 1 aromatic heterocycles. The Kier molecular flexibility index (Phi) is 3.78. The average molecular weight is 296 g/mol. The summed E-state index contributed by atoms with van der Waals surface area (Å²) in [4.78, 5) is 4.10. The van der Waals surface area contributed by atoms with Gasteiger partial charge in [-0.25, -0.2) is 13.1 Å². The van der Waals surface area contributed by atoms with Gasteiger partial charge in [0.2, 0.25) is 15.9 Å². The summed E-state index contributed by atoms with van der Waals surface area (Å²) in [6, 6.07) is 3.31. The highest BCUT2D eigenvalue weighted by atomic mass is 32.2. The molecule has 0 fully saturated rings. The number of anilines is 1. The first kappa shape index (κ1) is 14.5. The number of sulfonamides is 1. The monoisotopic (exact) mass is 296 g/mol. The summed E-state index contributed by atoms with van der Waals surface area (Å²) < 4.78 is 31.8. The minimum Gasteiger partial charge on any atom is -0.398 e. The number of nitrogens with one attached hydrogen (secondary N) is 1. The fraction of sp³-hybridized carbons (Fsp3) is 0.333. The molecule has 0 aliphatic heterocycles. The highest BCUT2D eigenvalue weighted by Gasteiger charge is 2.19. The van der Waals surface area contributed by atoms with Gasteiger partial charge in [-0.2, -0.15) is 4.98 Å². The molecular formula is C12H16N4O3S. The Morgan fingerprint density at radius 1 is 1.30 bits per heavy atom. The summed E-state index contributed by atoms with van der Waals surface area (Å²) in [7, 11) is -3.68. The average Bonchev–Trinajstić information content (AvgIpc) is 2.77. The molecule has 1 aromatic carbocycles. The molecule has 20 heavy (non-hydrogen) atoms. The number of hydrogen-bond donors (Lipinski definition) is 2. The summed E-state index contributed by atoms with van der Waals surface area (Å²) in [5.74, 6) is 0.666. The molecule has 8 heteroatoms. The van der Waals surface area contributed by atoms with Crippen LogP contribution in [-0.2, 0) is 16.6 Å². The molecule has 3 N–H and O–H groups in total. The van der Waals surface area contributed by atoms with Gasteiger partial charge in [0.25, 0.3) is 0 Å². The van der Waals surface area contributed by atoms with Crippen LogP contribution in [0.25, 0.3) is 0 Å². The summed E-state index contributed by atoms with van der Waals surface area (Å²) >= 11 is 0. The van der Waals surface area contributed by atoms with E-state index < -0.39 is 10.0 Å². The molecule has 0 radical (unpaired) electrons. The smallest absolute Gasteiger partial charge is 0.241 e. The molecule has 0 atom stereocenters. The zero-order valence-corrected chi connectivity index (χ0v) is 12.3. The van der Waals surface area contributed by atoms with Crippen LogP contribution in [0.4, 0.5) is 5.69 Å². The van der Waals surface area contributed by atoms with Crippen molar-refractivity contribution in [2.24, 2.45) is 0 Å². The molecule has 0 saturated carbocycles. The van der Waals surface area contributed by atoms with Gasteiger partial charge >= 0.3 is 0 Å². The van der Waals surface area contributed by atoms with E-state index in [1.54, 1.807) is 32.9 Å². The Balaban J connectivity index is 2.27. The first-order valence-corrected chi connectivity index (χ1v) is 7.43. The van der Waals surface area contributed by atoms with Gasteiger partial charge < -0.3 is 10.3 Å². The van der Waals surface area contributed by atoms with Gasteiger partial charge in [-0.15, -0.1) is 0 Å². The molecule has 108 valence electrons. The van der Waals surface area contributed by atoms with E-state index in [0.29, 0.717) is 17.1 Å². The van der Waals surface area contributed by atoms with E-state index in [-0.39, 0.29) is 17.3 Å². The zero-order chi connectivity index (χ0) is 14.9. The van der Waals surface area contributed by atoms with E-state index in [4.69, 9.17) is 10.3 Å². The van der Waals surface area contributed by atoms with Crippen molar-refractivity contribution in [3.8, 4) is 0 Å². The first-order chi connectivity index (χ1) is 9.29. The maximum atomic E-state index is 12.3. The summed E-state index contributed by atoms with van der Waals surface area (Å²) in [6.07, 6.45) is 0. The number of nitrogen functional groups attached to an aromatic ring is 1. The van der Waals surface area contributed by atoms with Crippen LogP contribution in [0, 0.1) is 20.8 Å². The van der Waals surface area contributed by atoms with Crippen molar-refractivity contribution in [2.75, 3.05) is 5.73 Å². The molecule has 0 aliphatic rings. The van der Waals surface area contributed by atoms with Gasteiger partial charge in [-0.05, 0) is 37.1 Å². The second-order valence-corrected chi connectivity index (χ2v) is 6.27. The van der Waals surface area contributed by atoms with Crippen molar-refractivity contribution in [3.05, 3.63) is 35.0 Å². The lowest BCUT2D eigenvalue weighted by Gasteiger charge is -2.11. The maximum Gasteiger partial charge on any atom is 0.241 e. The van der Waals surface area contributed by atoms with E-state index in [0.717, 1.165) is 5.56 Å². The van der Waals surface area contributed by atoms with Crippen molar-refractivity contribution in [3.63, 3.8) is 0 Å². The number of rotatable bonds is 4. The van der Waals surface area contributed by atoms with E-state index in [2.05, 4.69) is 14.9 Å². The number of benzene rings is 1. The fourth-order valence-corrected chi connectivity index (χ4v) is 3.12. The fourth-order valence-electron chi connectivity index (χ4n) is 1.78. The van der Waals surface area contributed by atoms with Crippen LogP contribution >= 0.6 is 0 Å². The van der Waals surface area contributed by atoms with Crippen molar-refractivity contribution >= 4 is 15.7 Å². The topological polar surface area (TPSA) is 111 Å². The molecule has 7 nitrogen and oxygen atoms in total. The third kappa shape index (κ3) is 2.97. The zero-order valence-electron chi connectivity index (χ0n) is 11.5. The summed E-state index contributed by atoms with van der Waals surface area (Å²) in [5.41, 5.74) is 7.54. The Labute approximate surface area is 117 Å². The molecule has 2 aromatic rings. The third-order valence-corrected chi connectivity index (χ3v) is 4.35. The molecular weight excluding hydrogens is 280 g/mol. The van der Waals surface area contributed by atoms with Gasteiger partial charge in [-0.1, -0.05) is 5.16 Å². The molecule has 0 unspecified atom stereocenters. The molecule has 0 spiro atoms. The van der Waals surface area contributed by atoms with Crippen LogP contribution in [0.3, 0.4) is 0 Å². The summed E-state index contributed by atoms with van der Waals surface area (Å²) in [6.45, 7) is 5.06. The number of aryl methyl sites for hydroxylation is 2. The number of nitrogens with two attached hydrogens (primary N) is 1. The molecule has 0 saturated heterocycles. The lowest BCUT2D eigenvalue weighted by Crippen LogP contribution is -2.25. The van der Waals surface area contributed by atoms with Crippen LogP contribution in [-0.4, -0.2) is 18.6 Å². The van der Waals surface area contributed by atoms with E-state index in [1.807, 2.05) is 0 Å². The standard InChI is InChI=1S/C12H16N4O3S/c1-7-4-10(13)8(2)11(5-7)20(17,18)14-6-12-15-9(3)19-16-12/h4-5,14H,6,13H2,1-3H3. The number of nitrogens with zero attached hydrogens (tertiary/aromatic N) is 2. The predicted octanol–water partition coefficient (Wildman–Crippen LogP) is 1.06. The Morgan fingerprint density at radius 2 is 2.00 bits per heavy atom. The van der Waals surface area contributed by atoms with E-state index >= 15 is 0 Å². The van der Waals surface area contributed by atoms with E-state index in [1.165, 1.54) is 0 Å². The SMILES string of the molecule is Cc1cc(N)c(C)c(S(=O)(=O)NCc2noc(C)n2)c1. The third-order valence-electron chi connectivity index (χ3n) is 2.82. The van der Waals surface area contributed by atoms with Gasteiger partial charge in [0.15, 0.2) is 5.82 Å². The molecule has 2 rings (SSSR count). The second kappa shape index (κ2) is 5.22. The van der Waals surface area contributed by atoms with Crippen molar-refractivity contribution in [1.82, 2.24) is 14.9 Å². The Morgan fingerprint density at radius 3 is 2.60 bits per heavy atom. The van der Waals surface area contributed by atoms with Crippen LogP contribution in [0.2, 0.25) is 0 Å². The van der Waals surface area contributed by atoms with E-state index in [9.17, 15) is 8.42 Å². The molecule has 0 aliphatic carbocycles. The minimum atomic E-state index is -3.68.